The van der Waals surface area contributed by atoms with Gasteiger partial charge in [0.05, 0.1) is 5.84 Å². The van der Waals surface area contributed by atoms with Gasteiger partial charge in [0, 0.05) is 19.0 Å². The van der Waals surface area contributed by atoms with E-state index in [1.165, 1.54) is 18.7 Å². The first-order valence-corrected chi connectivity index (χ1v) is 4.09. The molecule has 0 aromatic heterocycles. The molecular formula is C8H16N2. The van der Waals surface area contributed by atoms with Crippen molar-refractivity contribution >= 4 is 5.84 Å². The average molecular weight is 140 g/mol. The van der Waals surface area contributed by atoms with Crippen molar-refractivity contribution in [3.8, 4) is 0 Å². The molecule has 0 bridgehead atoms. The van der Waals surface area contributed by atoms with Crippen LogP contribution in [0.15, 0.2) is 4.99 Å². The number of rotatable bonds is 1. The van der Waals surface area contributed by atoms with Gasteiger partial charge in [-0.25, -0.2) is 0 Å². The lowest BCUT2D eigenvalue weighted by molar-refractivity contribution is 0.665. The number of aliphatic imine (C=N–C) groups is 1. The fourth-order valence-electron chi connectivity index (χ4n) is 1.15. The molecule has 0 radical (unpaired) electrons. The number of nitrogens with zero attached hydrogens (tertiary/aromatic N) is 1. The molecule has 2 heteroatoms. The van der Waals surface area contributed by atoms with E-state index in [1.54, 1.807) is 0 Å². The van der Waals surface area contributed by atoms with Gasteiger partial charge in [-0.2, -0.15) is 0 Å². The highest BCUT2D eigenvalue weighted by Crippen LogP contribution is 2.04. The van der Waals surface area contributed by atoms with Gasteiger partial charge in [-0.1, -0.05) is 0 Å². The average Bonchev–Trinajstić information content (AvgIpc) is 1.88. The van der Waals surface area contributed by atoms with Crippen molar-refractivity contribution < 1.29 is 0 Å². The van der Waals surface area contributed by atoms with Crippen LogP contribution in [0.1, 0.15) is 33.1 Å². The highest BCUT2D eigenvalue weighted by molar-refractivity contribution is 5.82. The zero-order chi connectivity index (χ0) is 7.40. The molecule has 0 aromatic rings. The van der Waals surface area contributed by atoms with Gasteiger partial charge in [0.1, 0.15) is 0 Å². The fraction of sp³-hybridized carbons (Fsp3) is 0.875. The molecule has 0 fully saturated rings. The van der Waals surface area contributed by atoms with Gasteiger partial charge in [0.2, 0.25) is 0 Å². The van der Waals surface area contributed by atoms with Gasteiger partial charge in [-0.15, -0.1) is 0 Å². The minimum absolute atomic E-state index is 0.539. The summed E-state index contributed by atoms with van der Waals surface area (Å²) in [6.45, 7) is 5.32. The maximum Gasteiger partial charge on any atom is 0.0964 e. The largest absolute Gasteiger partial charge is 0.372 e. The van der Waals surface area contributed by atoms with Gasteiger partial charge >= 0.3 is 0 Å². The van der Waals surface area contributed by atoms with E-state index in [-0.39, 0.29) is 0 Å². The van der Waals surface area contributed by atoms with E-state index in [9.17, 15) is 0 Å². The Morgan fingerprint density at radius 3 is 2.70 bits per heavy atom. The van der Waals surface area contributed by atoms with Crippen molar-refractivity contribution in [3.05, 3.63) is 0 Å². The second-order valence-electron chi connectivity index (χ2n) is 3.08. The van der Waals surface area contributed by atoms with Gasteiger partial charge in [0.25, 0.3) is 0 Å². The predicted molar refractivity (Wildman–Crippen MR) is 44.4 cm³/mol. The zero-order valence-corrected chi connectivity index (χ0v) is 6.85. The first-order valence-electron chi connectivity index (χ1n) is 4.09. The molecule has 0 aromatic carbocycles. The molecule has 0 unspecified atom stereocenters. The molecular weight excluding hydrogens is 124 g/mol. The molecule has 1 aliphatic heterocycles. The van der Waals surface area contributed by atoms with Crippen LogP contribution in [0, 0.1) is 0 Å². The standard InChI is InChI=1S/C8H16N2/c1-7(2)10-8-5-3-4-6-9-8/h7H,3-6H2,1-2H3,(H,9,10). The normalized spacial score (nSPS) is 18.9. The van der Waals surface area contributed by atoms with Crippen LogP contribution in [-0.2, 0) is 0 Å². The minimum atomic E-state index is 0.539. The van der Waals surface area contributed by atoms with E-state index in [4.69, 9.17) is 0 Å². The fourth-order valence-corrected chi connectivity index (χ4v) is 1.15. The van der Waals surface area contributed by atoms with Crippen LogP contribution in [0.3, 0.4) is 0 Å². The molecule has 0 aliphatic carbocycles. The summed E-state index contributed by atoms with van der Waals surface area (Å²) in [5.74, 6) is 1.21. The SMILES string of the molecule is CC(C)NC1=NCCCC1. The Bertz CT molecular complexity index is 127. The quantitative estimate of drug-likeness (QED) is 0.587. The molecule has 1 rings (SSSR count). The van der Waals surface area contributed by atoms with Crippen LogP contribution in [0.4, 0.5) is 0 Å². The summed E-state index contributed by atoms with van der Waals surface area (Å²) in [6, 6.07) is 0.539. The summed E-state index contributed by atoms with van der Waals surface area (Å²) in [6.07, 6.45) is 3.72. The van der Waals surface area contributed by atoms with E-state index in [0.717, 1.165) is 13.0 Å². The third-order valence-corrected chi connectivity index (χ3v) is 1.58. The van der Waals surface area contributed by atoms with E-state index in [0.29, 0.717) is 6.04 Å². The van der Waals surface area contributed by atoms with Crippen LogP contribution < -0.4 is 5.32 Å². The highest BCUT2D eigenvalue weighted by atomic mass is 15.0. The molecule has 1 N–H and O–H groups in total. The van der Waals surface area contributed by atoms with Crippen molar-refractivity contribution in [2.24, 2.45) is 4.99 Å². The van der Waals surface area contributed by atoms with Crippen LogP contribution in [0.2, 0.25) is 0 Å². The zero-order valence-electron chi connectivity index (χ0n) is 6.85. The third-order valence-electron chi connectivity index (χ3n) is 1.58. The van der Waals surface area contributed by atoms with E-state index < -0.39 is 0 Å². The van der Waals surface area contributed by atoms with Crippen LogP contribution in [0.5, 0.6) is 0 Å². The molecule has 58 valence electrons. The van der Waals surface area contributed by atoms with Gasteiger partial charge < -0.3 is 5.32 Å². The van der Waals surface area contributed by atoms with Crippen molar-refractivity contribution in [2.45, 2.75) is 39.2 Å². The molecule has 10 heavy (non-hydrogen) atoms. The van der Waals surface area contributed by atoms with Crippen LogP contribution >= 0.6 is 0 Å². The smallest absolute Gasteiger partial charge is 0.0964 e. The Hall–Kier alpha value is -0.530. The van der Waals surface area contributed by atoms with Crippen LogP contribution in [0.25, 0.3) is 0 Å². The maximum absolute atomic E-state index is 4.38. The Morgan fingerprint density at radius 1 is 1.40 bits per heavy atom. The summed E-state index contributed by atoms with van der Waals surface area (Å²) in [4.78, 5) is 4.38. The molecule has 0 saturated heterocycles. The highest BCUT2D eigenvalue weighted by Gasteiger charge is 2.04. The predicted octanol–water partition coefficient (Wildman–Crippen LogP) is 1.57. The third kappa shape index (κ3) is 2.38. The van der Waals surface area contributed by atoms with Crippen molar-refractivity contribution in [2.75, 3.05) is 6.54 Å². The number of hydrogen-bond acceptors (Lipinski definition) is 2. The second-order valence-corrected chi connectivity index (χ2v) is 3.08. The lowest BCUT2D eigenvalue weighted by Crippen LogP contribution is -2.31. The summed E-state index contributed by atoms with van der Waals surface area (Å²) in [5.41, 5.74) is 0. The molecule has 0 saturated carbocycles. The Morgan fingerprint density at radius 2 is 2.20 bits per heavy atom. The molecule has 0 amide bonds. The molecule has 0 atom stereocenters. The summed E-state index contributed by atoms with van der Waals surface area (Å²) >= 11 is 0. The monoisotopic (exact) mass is 140 g/mol. The number of hydrogen-bond donors (Lipinski definition) is 1. The first-order chi connectivity index (χ1) is 4.79. The summed E-state index contributed by atoms with van der Waals surface area (Å²) in [5, 5.41) is 3.33. The first kappa shape index (κ1) is 7.58. The summed E-state index contributed by atoms with van der Waals surface area (Å²) in [7, 11) is 0. The number of nitrogens with one attached hydrogen (secondary N) is 1. The summed E-state index contributed by atoms with van der Waals surface area (Å²) < 4.78 is 0. The second kappa shape index (κ2) is 3.59. The molecule has 1 heterocycles. The van der Waals surface area contributed by atoms with Crippen LogP contribution in [-0.4, -0.2) is 18.4 Å². The minimum Gasteiger partial charge on any atom is -0.372 e. The Labute approximate surface area is 62.7 Å². The topological polar surface area (TPSA) is 24.4 Å². The molecule has 1 aliphatic rings. The van der Waals surface area contributed by atoms with Gasteiger partial charge in [-0.05, 0) is 26.7 Å². The molecule has 0 spiro atoms. The van der Waals surface area contributed by atoms with Gasteiger partial charge in [0.15, 0.2) is 0 Å². The Balaban J connectivity index is 2.31. The van der Waals surface area contributed by atoms with E-state index in [2.05, 4.69) is 24.2 Å². The van der Waals surface area contributed by atoms with E-state index in [1.807, 2.05) is 0 Å². The van der Waals surface area contributed by atoms with Crippen molar-refractivity contribution in [3.63, 3.8) is 0 Å². The molecule has 2 nitrogen and oxygen atoms in total. The lowest BCUT2D eigenvalue weighted by Gasteiger charge is -2.15. The lowest BCUT2D eigenvalue weighted by atomic mass is 10.2. The van der Waals surface area contributed by atoms with E-state index >= 15 is 0 Å². The van der Waals surface area contributed by atoms with Crippen molar-refractivity contribution in [1.29, 1.82) is 0 Å². The van der Waals surface area contributed by atoms with Gasteiger partial charge in [-0.3, -0.25) is 4.99 Å². The number of amidine groups is 1. The Kier molecular flexibility index (Phi) is 2.72. The van der Waals surface area contributed by atoms with Crippen molar-refractivity contribution in [1.82, 2.24) is 5.32 Å². The maximum atomic E-state index is 4.38.